The highest BCUT2D eigenvalue weighted by molar-refractivity contribution is 5.96. The molecule has 0 radical (unpaired) electrons. The molecule has 5 heteroatoms. The van der Waals surface area contributed by atoms with E-state index in [1.165, 1.54) is 25.3 Å². The highest BCUT2D eigenvalue weighted by Crippen LogP contribution is 2.26. The molecule has 0 saturated carbocycles. The zero-order valence-electron chi connectivity index (χ0n) is 15.1. The predicted molar refractivity (Wildman–Crippen MR) is 102 cm³/mol. The Morgan fingerprint density at radius 2 is 1.96 bits per heavy atom. The average molecular weight is 351 g/mol. The van der Waals surface area contributed by atoms with Gasteiger partial charge in [-0.2, -0.15) is 0 Å². The quantitative estimate of drug-likeness (QED) is 0.925. The van der Waals surface area contributed by atoms with Gasteiger partial charge in [-0.1, -0.05) is 18.6 Å². The van der Waals surface area contributed by atoms with Crippen LogP contribution in [0, 0.1) is 0 Å². The number of carbonyl (C=O) groups is 1. The number of nitrogens with zero attached hydrogens (tertiary/aromatic N) is 2. The van der Waals surface area contributed by atoms with Crippen LogP contribution in [0.15, 0.2) is 47.4 Å². The molecule has 3 heterocycles. The smallest absolute Gasteiger partial charge is 0.253 e. The number of carbonyl (C=O) groups excluding carboxylic acids is 1. The molecule has 136 valence electrons. The van der Waals surface area contributed by atoms with Gasteiger partial charge in [0, 0.05) is 43.0 Å². The maximum atomic E-state index is 12.8. The molecule has 2 saturated heterocycles. The third kappa shape index (κ3) is 3.31. The number of pyridine rings is 1. The van der Waals surface area contributed by atoms with Gasteiger partial charge in [0.1, 0.15) is 0 Å². The summed E-state index contributed by atoms with van der Waals surface area (Å²) in [6.07, 6.45) is 5.55. The van der Waals surface area contributed by atoms with Crippen LogP contribution in [-0.2, 0) is 0 Å². The van der Waals surface area contributed by atoms with Crippen molar-refractivity contribution in [3.05, 3.63) is 58.5 Å². The topological polar surface area (TPSA) is 56.4 Å². The number of likely N-dealkylation sites (tertiary alicyclic amines) is 2. The molecule has 4 rings (SSSR count). The fourth-order valence-corrected chi connectivity index (χ4v) is 4.10. The van der Waals surface area contributed by atoms with E-state index in [9.17, 15) is 9.59 Å². The molecule has 2 fully saturated rings. The second kappa shape index (κ2) is 7.08. The summed E-state index contributed by atoms with van der Waals surface area (Å²) in [6, 6.07) is 12.1. The van der Waals surface area contributed by atoms with Gasteiger partial charge in [-0.15, -0.1) is 0 Å². The Morgan fingerprint density at radius 3 is 2.69 bits per heavy atom. The van der Waals surface area contributed by atoms with Crippen molar-refractivity contribution < 1.29 is 4.79 Å². The number of amides is 1. The molecule has 1 atom stereocenters. The molecule has 2 aliphatic rings. The van der Waals surface area contributed by atoms with Crippen LogP contribution in [0.5, 0.6) is 0 Å². The highest BCUT2D eigenvalue weighted by atomic mass is 16.2. The molecule has 1 amide bonds. The Bertz CT molecular complexity index is 834. The van der Waals surface area contributed by atoms with Crippen LogP contribution in [0.4, 0.5) is 0 Å². The normalized spacial score (nSPS) is 21.4. The largest absolute Gasteiger partial charge is 0.335 e. The van der Waals surface area contributed by atoms with Gasteiger partial charge in [0.25, 0.3) is 5.91 Å². The maximum absolute atomic E-state index is 12.8. The Hall–Kier alpha value is -2.40. The molecule has 1 aromatic heterocycles. The van der Waals surface area contributed by atoms with E-state index in [1.807, 2.05) is 29.2 Å². The van der Waals surface area contributed by atoms with Gasteiger partial charge in [0.15, 0.2) is 0 Å². The number of H-pyrrole nitrogens is 1. The molecule has 0 bridgehead atoms. The summed E-state index contributed by atoms with van der Waals surface area (Å²) >= 11 is 0. The third-order valence-corrected chi connectivity index (χ3v) is 5.70. The fraction of sp³-hybridized carbons (Fsp3) is 0.429. The summed E-state index contributed by atoms with van der Waals surface area (Å²) in [7, 11) is 0. The monoisotopic (exact) mass is 351 g/mol. The summed E-state index contributed by atoms with van der Waals surface area (Å²) < 4.78 is 0. The molecule has 2 aliphatic heterocycles. The van der Waals surface area contributed by atoms with Crippen LogP contribution in [0.25, 0.3) is 11.1 Å². The molecule has 5 nitrogen and oxygen atoms in total. The van der Waals surface area contributed by atoms with Crippen molar-refractivity contribution in [1.82, 2.24) is 14.8 Å². The van der Waals surface area contributed by atoms with Crippen LogP contribution in [0.2, 0.25) is 0 Å². The van der Waals surface area contributed by atoms with Crippen LogP contribution < -0.4 is 5.56 Å². The Balaban J connectivity index is 1.44. The van der Waals surface area contributed by atoms with E-state index in [0.717, 1.165) is 30.8 Å². The van der Waals surface area contributed by atoms with Gasteiger partial charge in [-0.25, -0.2) is 0 Å². The van der Waals surface area contributed by atoms with E-state index in [0.29, 0.717) is 17.6 Å². The summed E-state index contributed by atoms with van der Waals surface area (Å²) in [6.45, 7) is 5.12. The van der Waals surface area contributed by atoms with Gasteiger partial charge < -0.3 is 9.88 Å². The minimum absolute atomic E-state index is 0.0946. The molecular formula is C21H25N3O2. The summed E-state index contributed by atoms with van der Waals surface area (Å²) in [5, 5.41) is 0. The standard InChI is InChI=1S/C21H25N3O2/c1-15-5-2-3-10-24(15)19-13-23(14-19)21(26)17-7-4-6-16(11-17)18-8-9-20(25)22-12-18/h4,6-9,11-12,15,19H,2-3,5,10,13-14H2,1H3,(H,22,25)/t15-/m1/s1. The van der Waals surface area contributed by atoms with Crippen LogP contribution >= 0.6 is 0 Å². The highest BCUT2D eigenvalue weighted by Gasteiger charge is 2.37. The lowest BCUT2D eigenvalue weighted by Crippen LogP contribution is -2.63. The summed E-state index contributed by atoms with van der Waals surface area (Å²) in [5.41, 5.74) is 2.43. The predicted octanol–water partition coefficient (Wildman–Crippen LogP) is 2.74. The first-order valence-corrected chi connectivity index (χ1v) is 9.46. The first kappa shape index (κ1) is 17.0. The zero-order chi connectivity index (χ0) is 18.1. The average Bonchev–Trinajstić information content (AvgIpc) is 2.63. The molecule has 0 unspecified atom stereocenters. The van der Waals surface area contributed by atoms with Gasteiger partial charge >= 0.3 is 0 Å². The number of aromatic amines is 1. The van der Waals surface area contributed by atoms with Crippen LogP contribution in [0.3, 0.4) is 0 Å². The van der Waals surface area contributed by atoms with Crippen LogP contribution in [-0.4, -0.2) is 52.4 Å². The Labute approximate surface area is 153 Å². The second-order valence-corrected chi connectivity index (χ2v) is 7.47. The van der Waals surface area contributed by atoms with Gasteiger partial charge in [-0.05, 0) is 55.6 Å². The van der Waals surface area contributed by atoms with Crippen molar-refractivity contribution in [3.63, 3.8) is 0 Å². The lowest BCUT2D eigenvalue weighted by molar-refractivity contribution is 0.00213. The number of aromatic nitrogens is 1. The number of hydrogen-bond acceptors (Lipinski definition) is 3. The maximum Gasteiger partial charge on any atom is 0.253 e. The van der Waals surface area contributed by atoms with Gasteiger partial charge in [-0.3, -0.25) is 14.5 Å². The van der Waals surface area contributed by atoms with Crippen molar-refractivity contribution >= 4 is 5.91 Å². The van der Waals surface area contributed by atoms with Gasteiger partial charge in [0.2, 0.25) is 5.56 Å². The molecule has 1 N–H and O–H groups in total. The lowest BCUT2D eigenvalue weighted by Gasteiger charge is -2.49. The Kier molecular flexibility index (Phi) is 4.64. The van der Waals surface area contributed by atoms with Crippen molar-refractivity contribution in [1.29, 1.82) is 0 Å². The molecule has 0 spiro atoms. The van der Waals surface area contributed by atoms with E-state index in [1.54, 1.807) is 12.3 Å². The van der Waals surface area contributed by atoms with E-state index >= 15 is 0 Å². The van der Waals surface area contributed by atoms with Crippen molar-refractivity contribution in [2.45, 2.75) is 38.3 Å². The minimum atomic E-state index is -0.125. The van der Waals surface area contributed by atoms with Crippen molar-refractivity contribution in [3.8, 4) is 11.1 Å². The molecule has 2 aromatic rings. The van der Waals surface area contributed by atoms with Gasteiger partial charge in [0.05, 0.1) is 0 Å². The Morgan fingerprint density at radius 1 is 1.12 bits per heavy atom. The fourth-order valence-electron chi connectivity index (χ4n) is 4.10. The third-order valence-electron chi connectivity index (χ3n) is 5.70. The first-order valence-electron chi connectivity index (χ1n) is 9.46. The second-order valence-electron chi connectivity index (χ2n) is 7.47. The molecular weight excluding hydrogens is 326 g/mol. The van der Waals surface area contributed by atoms with Crippen molar-refractivity contribution in [2.75, 3.05) is 19.6 Å². The first-order chi connectivity index (χ1) is 12.6. The molecule has 26 heavy (non-hydrogen) atoms. The van der Waals surface area contributed by atoms with E-state index in [-0.39, 0.29) is 11.5 Å². The van der Waals surface area contributed by atoms with E-state index in [2.05, 4.69) is 16.8 Å². The zero-order valence-corrected chi connectivity index (χ0v) is 15.1. The summed E-state index contributed by atoms with van der Waals surface area (Å²) in [4.78, 5) is 31.2. The van der Waals surface area contributed by atoms with Crippen LogP contribution in [0.1, 0.15) is 36.5 Å². The lowest BCUT2D eigenvalue weighted by atomic mass is 9.96. The minimum Gasteiger partial charge on any atom is -0.335 e. The molecule has 0 aliphatic carbocycles. The van der Waals surface area contributed by atoms with E-state index < -0.39 is 0 Å². The SMILES string of the molecule is C[C@@H]1CCCCN1C1CN(C(=O)c2cccc(-c3ccc(=O)[nH]c3)c2)C1. The number of hydrogen-bond donors (Lipinski definition) is 1. The number of piperidine rings is 1. The number of nitrogens with one attached hydrogen (secondary N) is 1. The van der Waals surface area contributed by atoms with Crippen molar-refractivity contribution in [2.24, 2.45) is 0 Å². The number of benzene rings is 1. The summed E-state index contributed by atoms with van der Waals surface area (Å²) in [5.74, 6) is 0.0946. The molecule has 1 aromatic carbocycles. The van der Waals surface area contributed by atoms with E-state index in [4.69, 9.17) is 0 Å². The number of rotatable bonds is 3.